The number of benzene rings is 1. The molecular formula is C13H16O5. The van der Waals surface area contributed by atoms with Crippen LogP contribution >= 0.6 is 0 Å². The zero-order valence-corrected chi connectivity index (χ0v) is 10.5. The predicted octanol–water partition coefficient (Wildman–Crippen LogP) is 1.81. The van der Waals surface area contributed by atoms with E-state index in [0.717, 1.165) is 0 Å². The van der Waals surface area contributed by atoms with Gasteiger partial charge in [-0.15, -0.1) is 0 Å². The Labute approximate surface area is 106 Å². The Kier molecular flexibility index (Phi) is 5.70. The van der Waals surface area contributed by atoms with E-state index in [9.17, 15) is 9.59 Å². The smallest absolute Gasteiger partial charge is 0.337 e. The third-order valence-electron chi connectivity index (χ3n) is 2.18. The summed E-state index contributed by atoms with van der Waals surface area (Å²) in [7, 11) is 1.33. The summed E-state index contributed by atoms with van der Waals surface area (Å²) in [4.78, 5) is 22.0. The fourth-order valence-corrected chi connectivity index (χ4v) is 1.22. The molecule has 0 bridgehead atoms. The monoisotopic (exact) mass is 252 g/mol. The average molecular weight is 252 g/mol. The molecule has 0 aliphatic rings. The van der Waals surface area contributed by atoms with Crippen molar-refractivity contribution in [3.05, 3.63) is 29.8 Å². The summed E-state index contributed by atoms with van der Waals surface area (Å²) in [5, 5.41) is 0. The van der Waals surface area contributed by atoms with E-state index in [1.165, 1.54) is 7.11 Å². The summed E-state index contributed by atoms with van der Waals surface area (Å²) in [6.45, 7) is 2.23. The van der Waals surface area contributed by atoms with Crippen molar-refractivity contribution in [2.45, 2.75) is 13.3 Å². The number of ether oxygens (including phenoxy) is 3. The minimum Gasteiger partial charge on any atom is -0.490 e. The Balaban J connectivity index is 2.35. The van der Waals surface area contributed by atoms with E-state index in [1.54, 1.807) is 31.2 Å². The molecular weight excluding hydrogens is 236 g/mol. The third-order valence-corrected chi connectivity index (χ3v) is 2.18. The van der Waals surface area contributed by atoms with Crippen molar-refractivity contribution >= 4 is 11.9 Å². The van der Waals surface area contributed by atoms with Crippen LogP contribution in [0.3, 0.4) is 0 Å². The van der Waals surface area contributed by atoms with Gasteiger partial charge in [0.25, 0.3) is 0 Å². The van der Waals surface area contributed by atoms with Gasteiger partial charge in [0.2, 0.25) is 0 Å². The highest BCUT2D eigenvalue weighted by Crippen LogP contribution is 2.12. The van der Waals surface area contributed by atoms with E-state index in [4.69, 9.17) is 9.47 Å². The molecule has 0 unspecified atom stereocenters. The molecule has 0 fully saturated rings. The van der Waals surface area contributed by atoms with Gasteiger partial charge < -0.3 is 14.2 Å². The Morgan fingerprint density at radius 3 is 2.33 bits per heavy atom. The van der Waals surface area contributed by atoms with Crippen LogP contribution in [0.25, 0.3) is 0 Å². The summed E-state index contributed by atoms with van der Waals surface area (Å²) in [5.74, 6) is -0.0340. The molecule has 98 valence electrons. The maximum Gasteiger partial charge on any atom is 0.337 e. The molecule has 18 heavy (non-hydrogen) atoms. The SMILES string of the molecule is CCC(=O)OCCOc1ccc(C(=O)OC)cc1. The zero-order valence-electron chi connectivity index (χ0n) is 10.5. The quantitative estimate of drug-likeness (QED) is 0.570. The third kappa shape index (κ3) is 4.45. The van der Waals surface area contributed by atoms with Gasteiger partial charge in [-0.2, -0.15) is 0 Å². The van der Waals surface area contributed by atoms with Crippen molar-refractivity contribution in [3.8, 4) is 5.75 Å². The number of carbonyl (C=O) groups is 2. The van der Waals surface area contributed by atoms with Gasteiger partial charge in [-0.3, -0.25) is 4.79 Å². The lowest BCUT2D eigenvalue weighted by Gasteiger charge is -2.07. The van der Waals surface area contributed by atoms with Gasteiger partial charge in [0.1, 0.15) is 19.0 Å². The molecule has 0 N–H and O–H groups in total. The van der Waals surface area contributed by atoms with Crippen molar-refractivity contribution < 1.29 is 23.8 Å². The van der Waals surface area contributed by atoms with Gasteiger partial charge in [-0.25, -0.2) is 4.79 Å². The highest BCUT2D eigenvalue weighted by atomic mass is 16.6. The normalized spacial score (nSPS) is 9.67. The van der Waals surface area contributed by atoms with Crippen molar-refractivity contribution in [2.24, 2.45) is 0 Å². The minimum absolute atomic E-state index is 0.214. The van der Waals surface area contributed by atoms with Crippen LogP contribution in [0.4, 0.5) is 0 Å². The lowest BCUT2D eigenvalue weighted by atomic mass is 10.2. The van der Waals surface area contributed by atoms with Gasteiger partial charge in [-0.05, 0) is 24.3 Å². The van der Waals surface area contributed by atoms with E-state index in [-0.39, 0.29) is 19.2 Å². The summed E-state index contributed by atoms with van der Waals surface area (Å²) in [6, 6.07) is 6.54. The van der Waals surface area contributed by atoms with Crippen molar-refractivity contribution in [2.75, 3.05) is 20.3 Å². The largest absolute Gasteiger partial charge is 0.490 e. The first-order chi connectivity index (χ1) is 8.67. The summed E-state index contributed by atoms with van der Waals surface area (Å²) >= 11 is 0. The lowest BCUT2D eigenvalue weighted by Crippen LogP contribution is -2.11. The summed E-state index contributed by atoms with van der Waals surface area (Å²) in [6.07, 6.45) is 0.355. The molecule has 0 aromatic heterocycles. The number of hydrogen-bond acceptors (Lipinski definition) is 5. The van der Waals surface area contributed by atoms with Gasteiger partial charge in [-0.1, -0.05) is 6.92 Å². The molecule has 5 heteroatoms. The van der Waals surface area contributed by atoms with E-state index < -0.39 is 5.97 Å². The zero-order chi connectivity index (χ0) is 13.4. The van der Waals surface area contributed by atoms with Crippen LogP contribution in [0.15, 0.2) is 24.3 Å². The second kappa shape index (κ2) is 7.32. The molecule has 0 amide bonds. The van der Waals surface area contributed by atoms with Crippen LogP contribution in [-0.4, -0.2) is 32.3 Å². The van der Waals surface area contributed by atoms with E-state index >= 15 is 0 Å². The molecule has 1 aromatic carbocycles. The van der Waals surface area contributed by atoms with Crippen LogP contribution in [0, 0.1) is 0 Å². The first-order valence-electron chi connectivity index (χ1n) is 5.64. The lowest BCUT2D eigenvalue weighted by molar-refractivity contribution is -0.143. The van der Waals surface area contributed by atoms with E-state index in [2.05, 4.69) is 4.74 Å². The van der Waals surface area contributed by atoms with Crippen LogP contribution < -0.4 is 4.74 Å². The molecule has 0 aliphatic carbocycles. The molecule has 0 radical (unpaired) electrons. The predicted molar refractivity (Wildman–Crippen MR) is 64.5 cm³/mol. The second-order valence-corrected chi connectivity index (χ2v) is 3.44. The maximum atomic E-state index is 11.2. The Morgan fingerprint density at radius 1 is 1.11 bits per heavy atom. The van der Waals surface area contributed by atoms with E-state index in [1.807, 2.05) is 0 Å². The molecule has 0 heterocycles. The highest BCUT2D eigenvalue weighted by molar-refractivity contribution is 5.89. The van der Waals surface area contributed by atoms with E-state index in [0.29, 0.717) is 17.7 Å². The molecule has 0 saturated carbocycles. The summed E-state index contributed by atoms with van der Waals surface area (Å²) in [5.41, 5.74) is 0.460. The molecule has 5 nitrogen and oxygen atoms in total. The molecule has 0 saturated heterocycles. The Hall–Kier alpha value is -2.04. The van der Waals surface area contributed by atoms with Crippen molar-refractivity contribution in [3.63, 3.8) is 0 Å². The minimum atomic E-state index is -0.390. The van der Waals surface area contributed by atoms with Gasteiger partial charge >= 0.3 is 11.9 Å². The van der Waals surface area contributed by atoms with Crippen molar-refractivity contribution in [1.82, 2.24) is 0 Å². The van der Waals surface area contributed by atoms with Crippen LogP contribution in [0.2, 0.25) is 0 Å². The number of methoxy groups -OCH3 is 1. The van der Waals surface area contributed by atoms with Gasteiger partial charge in [0.15, 0.2) is 0 Å². The molecule has 1 aromatic rings. The second-order valence-electron chi connectivity index (χ2n) is 3.44. The number of rotatable bonds is 6. The first kappa shape index (κ1) is 14.0. The van der Waals surface area contributed by atoms with Crippen LogP contribution in [0.5, 0.6) is 5.75 Å². The average Bonchev–Trinajstić information content (AvgIpc) is 2.43. The van der Waals surface area contributed by atoms with Gasteiger partial charge in [0, 0.05) is 6.42 Å². The van der Waals surface area contributed by atoms with Crippen LogP contribution in [0.1, 0.15) is 23.7 Å². The maximum absolute atomic E-state index is 11.2. The molecule has 1 rings (SSSR count). The molecule has 0 atom stereocenters. The van der Waals surface area contributed by atoms with Crippen molar-refractivity contribution in [1.29, 1.82) is 0 Å². The van der Waals surface area contributed by atoms with Crippen LogP contribution in [-0.2, 0) is 14.3 Å². The number of carbonyl (C=O) groups excluding carboxylic acids is 2. The topological polar surface area (TPSA) is 61.8 Å². The standard InChI is InChI=1S/C13H16O5/c1-3-12(14)18-9-8-17-11-6-4-10(5-7-11)13(15)16-2/h4-7H,3,8-9H2,1-2H3. The summed E-state index contributed by atoms with van der Waals surface area (Å²) < 4.78 is 14.8. The van der Waals surface area contributed by atoms with Gasteiger partial charge in [0.05, 0.1) is 12.7 Å². The first-order valence-corrected chi connectivity index (χ1v) is 5.64. The fourth-order valence-electron chi connectivity index (χ4n) is 1.22. The Morgan fingerprint density at radius 2 is 1.78 bits per heavy atom. The fraction of sp³-hybridized carbons (Fsp3) is 0.385. The number of hydrogen-bond donors (Lipinski definition) is 0. The molecule has 0 aliphatic heterocycles. The highest BCUT2D eigenvalue weighted by Gasteiger charge is 2.04. The molecule has 0 spiro atoms. The number of esters is 2. The Bertz CT molecular complexity index is 396.